The van der Waals surface area contributed by atoms with E-state index in [1.165, 1.54) is 11.6 Å². The number of aromatic amines is 1. The number of rotatable bonds is 4. The van der Waals surface area contributed by atoms with Crippen molar-refractivity contribution in [2.24, 2.45) is 0 Å². The van der Waals surface area contributed by atoms with Crippen LogP contribution in [0.5, 0.6) is 11.5 Å². The quantitative estimate of drug-likeness (QED) is 0.654. The molecule has 3 rings (SSSR count). The fourth-order valence-electron chi connectivity index (χ4n) is 3.37. The molecule has 1 unspecified atom stereocenters. The van der Waals surface area contributed by atoms with Crippen LogP contribution in [-0.4, -0.2) is 21.2 Å². The van der Waals surface area contributed by atoms with E-state index >= 15 is 0 Å². The topological polar surface area (TPSA) is 85.4 Å². The Morgan fingerprint density at radius 2 is 2.00 bits per heavy atom. The Labute approximate surface area is 135 Å². The summed E-state index contributed by atoms with van der Waals surface area (Å²) in [6.45, 7) is 2.05. The minimum absolute atomic E-state index is 0.0674. The maximum Gasteiger partial charge on any atom is 0.247 e. The van der Waals surface area contributed by atoms with Crippen LogP contribution in [-0.2, 0) is 0 Å². The van der Waals surface area contributed by atoms with Gasteiger partial charge in [0.25, 0.3) is 0 Å². The van der Waals surface area contributed by atoms with Crippen LogP contribution in [0.15, 0.2) is 41.3 Å². The van der Waals surface area contributed by atoms with Crippen molar-refractivity contribution in [1.29, 1.82) is 0 Å². The molecule has 0 aliphatic heterocycles. The summed E-state index contributed by atoms with van der Waals surface area (Å²) in [5.41, 5.74) is 2.07. The lowest BCUT2D eigenvalue weighted by Crippen LogP contribution is -2.29. The van der Waals surface area contributed by atoms with E-state index in [1.807, 2.05) is 18.3 Å². The lowest BCUT2D eigenvalue weighted by molar-refractivity contribution is 0.400. The zero-order chi connectivity index (χ0) is 16.4. The van der Waals surface area contributed by atoms with Crippen molar-refractivity contribution in [2.75, 3.05) is 0 Å². The second-order valence-electron chi connectivity index (χ2n) is 6.33. The molecule has 4 N–H and O–H groups in total. The highest BCUT2D eigenvalue weighted by atomic mass is 16.3. The number of hydrogen-bond acceptors (Lipinski definition) is 4. The third kappa shape index (κ3) is 3.56. The molecule has 23 heavy (non-hydrogen) atoms. The lowest BCUT2D eigenvalue weighted by Gasteiger charge is -2.20. The molecule has 5 heteroatoms. The third-order valence-electron chi connectivity index (χ3n) is 4.70. The van der Waals surface area contributed by atoms with Crippen molar-refractivity contribution in [3.8, 4) is 11.5 Å². The zero-order valence-electron chi connectivity index (χ0n) is 13.1. The number of nitrogens with one attached hydrogen (secondary N) is 2. The van der Waals surface area contributed by atoms with E-state index in [2.05, 4.69) is 17.2 Å². The second-order valence-corrected chi connectivity index (χ2v) is 6.33. The van der Waals surface area contributed by atoms with E-state index in [1.54, 1.807) is 12.1 Å². The van der Waals surface area contributed by atoms with Gasteiger partial charge in [0.15, 0.2) is 11.5 Å². The summed E-state index contributed by atoms with van der Waals surface area (Å²) in [4.78, 5) is 13.9. The maximum absolute atomic E-state index is 11.1. The second kappa shape index (κ2) is 6.46. The Balaban J connectivity index is 1.62. The van der Waals surface area contributed by atoms with Gasteiger partial charge in [-0.2, -0.15) is 0 Å². The molecule has 1 aliphatic carbocycles. The summed E-state index contributed by atoms with van der Waals surface area (Å²) in [6, 6.07) is 8.92. The molecule has 0 bridgehead atoms. The van der Waals surface area contributed by atoms with Gasteiger partial charge in [0.1, 0.15) is 0 Å². The summed E-state index contributed by atoms with van der Waals surface area (Å²) in [7, 11) is 0. The van der Waals surface area contributed by atoms with Gasteiger partial charge >= 0.3 is 0 Å². The Morgan fingerprint density at radius 1 is 1.17 bits per heavy atom. The summed E-state index contributed by atoms with van der Waals surface area (Å²) >= 11 is 0. The van der Waals surface area contributed by atoms with Gasteiger partial charge in [-0.15, -0.1) is 0 Å². The van der Waals surface area contributed by atoms with Crippen LogP contribution in [0.1, 0.15) is 49.3 Å². The molecule has 122 valence electrons. The van der Waals surface area contributed by atoms with Gasteiger partial charge in [0.2, 0.25) is 5.56 Å². The fraction of sp³-hybridized carbons (Fsp3) is 0.389. The first-order valence-corrected chi connectivity index (χ1v) is 7.99. The molecule has 1 aromatic carbocycles. The molecule has 0 saturated heterocycles. The molecule has 5 nitrogen and oxygen atoms in total. The molecule has 3 atom stereocenters. The number of benzene rings is 1. The summed E-state index contributed by atoms with van der Waals surface area (Å²) in [5.74, 6) is 0.276. The predicted octanol–water partition coefficient (Wildman–Crippen LogP) is 2.77. The van der Waals surface area contributed by atoms with Crippen LogP contribution < -0.4 is 10.9 Å². The first-order valence-electron chi connectivity index (χ1n) is 7.99. The molecule has 1 fully saturated rings. The van der Waals surface area contributed by atoms with Gasteiger partial charge < -0.3 is 20.5 Å². The van der Waals surface area contributed by atoms with Gasteiger partial charge in [-0.3, -0.25) is 4.79 Å². The largest absolute Gasteiger partial charge is 0.504 e. The van der Waals surface area contributed by atoms with Crippen molar-refractivity contribution in [3.63, 3.8) is 0 Å². The summed E-state index contributed by atoms with van der Waals surface area (Å²) in [6.07, 6.45) is 5.02. The lowest BCUT2D eigenvalue weighted by atomic mass is 9.99. The Kier molecular flexibility index (Phi) is 4.39. The highest BCUT2D eigenvalue weighted by molar-refractivity contribution is 5.41. The fourth-order valence-corrected chi connectivity index (χ4v) is 3.37. The number of H-pyrrole nitrogens is 1. The van der Waals surface area contributed by atoms with Crippen molar-refractivity contribution in [3.05, 3.63) is 58.0 Å². The number of aromatic nitrogens is 1. The minimum atomic E-state index is -0.0973. The van der Waals surface area contributed by atoms with Crippen molar-refractivity contribution >= 4 is 0 Å². The van der Waals surface area contributed by atoms with Gasteiger partial charge in [0.05, 0.1) is 0 Å². The summed E-state index contributed by atoms with van der Waals surface area (Å²) < 4.78 is 0. The smallest absolute Gasteiger partial charge is 0.247 e. The average Bonchev–Trinajstić information content (AvgIpc) is 2.99. The van der Waals surface area contributed by atoms with Crippen LogP contribution in [0.25, 0.3) is 0 Å². The van der Waals surface area contributed by atoms with Gasteiger partial charge in [-0.05, 0) is 55.4 Å². The van der Waals surface area contributed by atoms with E-state index in [0.29, 0.717) is 12.0 Å². The molecular formula is C18H22N2O3. The normalized spacial score (nSPS) is 22.1. The van der Waals surface area contributed by atoms with E-state index < -0.39 is 0 Å². The molecule has 0 spiro atoms. The number of phenols is 2. The Morgan fingerprint density at radius 3 is 2.70 bits per heavy atom. The molecule has 1 aromatic heterocycles. The molecule has 0 amide bonds. The minimum Gasteiger partial charge on any atom is -0.504 e. The van der Waals surface area contributed by atoms with Gasteiger partial charge in [0, 0.05) is 24.3 Å². The first-order chi connectivity index (χ1) is 11.0. The zero-order valence-corrected chi connectivity index (χ0v) is 13.1. The monoisotopic (exact) mass is 314 g/mol. The van der Waals surface area contributed by atoms with Crippen LogP contribution in [0.3, 0.4) is 0 Å². The Hall–Kier alpha value is -2.27. The van der Waals surface area contributed by atoms with Crippen molar-refractivity contribution in [1.82, 2.24) is 10.3 Å². The van der Waals surface area contributed by atoms with Crippen molar-refractivity contribution in [2.45, 2.75) is 44.2 Å². The third-order valence-corrected chi connectivity index (χ3v) is 4.70. The highest BCUT2D eigenvalue weighted by Gasteiger charge is 2.27. The number of pyridine rings is 1. The predicted molar refractivity (Wildman–Crippen MR) is 88.8 cm³/mol. The average molecular weight is 314 g/mol. The molecule has 1 aliphatic rings. The standard InChI is InChI=1S/C18H22N2O3/c1-11(12-3-6-16(21)17(22)9-12)20-15-5-2-13(8-15)14-4-7-18(23)19-10-14/h3-4,6-7,9-11,13,15,20-22H,2,5,8H2,1H3,(H,19,23)/t11-,13+,15?/m1/s1. The SMILES string of the molecule is C[C@@H](NC1CC[C@H](c2ccc(=O)[nH]c2)C1)c1ccc(O)c(O)c1. The molecular weight excluding hydrogens is 292 g/mol. The van der Waals surface area contributed by atoms with Crippen LogP contribution >= 0.6 is 0 Å². The number of phenolic OH excluding ortho intramolecular Hbond substituents is 2. The van der Waals surface area contributed by atoms with Gasteiger partial charge in [-0.1, -0.05) is 12.1 Å². The maximum atomic E-state index is 11.1. The van der Waals surface area contributed by atoms with E-state index in [0.717, 1.165) is 24.8 Å². The number of aromatic hydroxyl groups is 2. The molecule has 1 heterocycles. The van der Waals surface area contributed by atoms with Crippen LogP contribution in [0, 0.1) is 0 Å². The first kappa shape index (κ1) is 15.6. The van der Waals surface area contributed by atoms with E-state index in [4.69, 9.17) is 0 Å². The van der Waals surface area contributed by atoms with Crippen molar-refractivity contribution < 1.29 is 10.2 Å². The van der Waals surface area contributed by atoms with E-state index in [9.17, 15) is 15.0 Å². The molecule has 2 aromatic rings. The van der Waals surface area contributed by atoms with E-state index in [-0.39, 0.29) is 23.1 Å². The number of hydrogen-bond donors (Lipinski definition) is 4. The molecule has 0 radical (unpaired) electrons. The molecule has 1 saturated carbocycles. The Bertz CT molecular complexity index is 721. The highest BCUT2D eigenvalue weighted by Crippen LogP contribution is 2.35. The van der Waals surface area contributed by atoms with Gasteiger partial charge in [-0.25, -0.2) is 0 Å². The summed E-state index contributed by atoms with van der Waals surface area (Å²) in [5, 5.41) is 22.6. The van der Waals surface area contributed by atoms with Crippen LogP contribution in [0.4, 0.5) is 0 Å². The van der Waals surface area contributed by atoms with Crippen LogP contribution in [0.2, 0.25) is 0 Å².